The maximum absolute atomic E-state index is 12.8. The predicted molar refractivity (Wildman–Crippen MR) is 79.4 cm³/mol. The highest BCUT2D eigenvalue weighted by molar-refractivity contribution is 5.95. The first-order valence-corrected chi connectivity index (χ1v) is 7.31. The summed E-state index contributed by atoms with van der Waals surface area (Å²) in [6, 6.07) is 8.59. The van der Waals surface area contributed by atoms with Gasteiger partial charge in [0.05, 0.1) is 24.3 Å². The number of nitrogens with zero attached hydrogens (tertiary/aromatic N) is 1. The molecular formula is C16H23N2O3+. The Morgan fingerprint density at radius 3 is 2.19 bits per heavy atom. The van der Waals surface area contributed by atoms with E-state index >= 15 is 0 Å². The van der Waals surface area contributed by atoms with Gasteiger partial charge in [-0.15, -0.1) is 0 Å². The number of likely N-dealkylation sites (tertiary alicyclic amines) is 1. The standard InChI is InChI=1S/C16H22N2O3/c1-16(2,3)21-17-15(20)18(11-7-8-12-18)14(19)13-9-5-4-6-10-13/h4-6,9-10H,7-8,11-12H2,1-3H3/p+1. The van der Waals surface area contributed by atoms with Crippen molar-refractivity contribution in [2.45, 2.75) is 39.2 Å². The maximum atomic E-state index is 12.8. The van der Waals surface area contributed by atoms with Gasteiger partial charge in [-0.2, -0.15) is 9.96 Å². The Kier molecular flexibility index (Phi) is 4.44. The lowest BCUT2D eigenvalue weighted by Gasteiger charge is -2.29. The van der Waals surface area contributed by atoms with Gasteiger partial charge in [-0.25, -0.2) is 9.59 Å². The Hall–Kier alpha value is -1.72. The molecule has 0 aromatic heterocycles. The first-order valence-electron chi connectivity index (χ1n) is 7.31. The van der Waals surface area contributed by atoms with E-state index in [2.05, 4.69) is 5.48 Å². The van der Waals surface area contributed by atoms with Crippen molar-refractivity contribution in [3.63, 3.8) is 0 Å². The summed E-state index contributed by atoms with van der Waals surface area (Å²) in [5, 5.41) is 0. The lowest BCUT2D eigenvalue weighted by atomic mass is 10.2. The minimum absolute atomic E-state index is 0.164. The Morgan fingerprint density at radius 1 is 1.10 bits per heavy atom. The average molecular weight is 291 g/mol. The van der Waals surface area contributed by atoms with E-state index in [0.29, 0.717) is 18.7 Å². The van der Waals surface area contributed by atoms with Crippen LogP contribution < -0.4 is 5.48 Å². The third kappa shape index (κ3) is 3.49. The van der Waals surface area contributed by atoms with Crippen molar-refractivity contribution in [2.75, 3.05) is 13.1 Å². The number of carbonyl (C=O) groups is 2. The number of carbonyl (C=O) groups excluding carboxylic acids is 2. The Bertz CT molecular complexity index is 514. The second kappa shape index (κ2) is 5.95. The van der Waals surface area contributed by atoms with Crippen LogP contribution in [-0.2, 0) is 4.84 Å². The van der Waals surface area contributed by atoms with Crippen molar-refractivity contribution in [2.24, 2.45) is 0 Å². The molecule has 0 bridgehead atoms. The molecule has 1 aliphatic heterocycles. The van der Waals surface area contributed by atoms with Gasteiger partial charge in [0.1, 0.15) is 0 Å². The average Bonchev–Trinajstić information content (AvgIpc) is 2.95. The summed E-state index contributed by atoms with van der Waals surface area (Å²) in [5.74, 6) is -0.164. The molecule has 1 N–H and O–H groups in total. The van der Waals surface area contributed by atoms with Crippen LogP contribution in [0.25, 0.3) is 0 Å². The minimum Gasteiger partial charge on any atom is -0.263 e. The van der Waals surface area contributed by atoms with Gasteiger partial charge in [0, 0.05) is 12.8 Å². The van der Waals surface area contributed by atoms with Crippen molar-refractivity contribution in [3.8, 4) is 0 Å². The van der Waals surface area contributed by atoms with Crippen molar-refractivity contribution < 1.29 is 18.9 Å². The molecule has 5 heteroatoms. The highest BCUT2D eigenvalue weighted by Gasteiger charge is 2.48. The number of hydrogen-bond donors (Lipinski definition) is 1. The fourth-order valence-electron chi connectivity index (χ4n) is 2.49. The van der Waals surface area contributed by atoms with Crippen LogP contribution in [0.1, 0.15) is 44.0 Å². The number of urea groups is 1. The second-order valence-electron chi connectivity index (χ2n) is 6.42. The summed E-state index contributed by atoms with van der Waals surface area (Å²) in [7, 11) is 0. The van der Waals surface area contributed by atoms with Crippen LogP contribution in [0.15, 0.2) is 30.3 Å². The Labute approximate surface area is 125 Å². The first kappa shape index (κ1) is 15.7. The van der Waals surface area contributed by atoms with Gasteiger partial charge in [-0.05, 0) is 32.9 Å². The van der Waals surface area contributed by atoms with Crippen LogP contribution in [0.3, 0.4) is 0 Å². The lowest BCUT2D eigenvalue weighted by molar-refractivity contribution is -0.755. The normalized spacial score (nSPS) is 17.5. The summed E-state index contributed by atoms with van der Waals surface area (Å²) < 4.78 is -0.208. The van der Waals surface area contributed by atoms with E-state index in [1.807, 2.05) is 39.0 Å². The van der Waals surface area contributed by atoms with Gasteiger partial charge in [0.2, 0.25) is 0 Å². The highest BCUT2D eigenvalue weighted by atomic mass is 16.7. The van der Waals surface area contributed by atoms with Crippen molar-refractivity contribution in [3.05, 3.63) is 35.9 Å². The van der Waals surface area contributed by atoms with Crippen LogP contribution in [0.5, 0.6) is 0 Å². The van der Waals surface area contributed by atoms with Gasteiger partial charge < -0.3 is 0 Å². The Balaban J connectivity index is 2.21. The van der Waals surface area contributed by atoms with E-state index in [9.17, 15) is 9.59 Å². The molecule has 1 aromatic carbocycles. The minimum atomic E-state index is -0.491. The third-order valence-electron chi connectivity index (χ3n) is 3.57. The van der Waals surface area contributed by atoms with Crippen molar-refractivity contribution in [1.82, 2.24) is 5.48 Å². The number of amides is 3. The molecular weight excluding hydrogens is 268 g/mol. The number of nitrogens with one attached hydrogen (secondary N) is 1. The summed E-state index contributed by atoms with van der Waals surface area (Å²) in [4.78, 5) is 30.7. The van der Waals surface area contributed by atoms with E-state index < -0.39 is 5.60 Å². The van der Waals surface area contributed by atoms with Crippen LogP contribution in [0, 0.1) is 0 Å². The number of hydrogen-bond acceptors (Lipinski definition) is 3. The third-order valence-corrected chi connectivity index (χ3v) is 3.57. The molecule has 1 heterocycles. The van der Waals surface area contributed by atoms with Gasteiger partial charge in [0.15, 0.2) is 0 Å². The molecule has 1 aromatic rings. The number of hydroxylamine groups is 1. The summed E-state index contributed by atoms with van der Waals surface area (Å²) in [5.41, 5.74) is 2.54. The highest BCUT2D eigenvalue weighted by Crippen LogP contribution is 2.24. The van der Waals surface area contributed by atoms with Gasteiger partial charge in [-0.1, -0.05) is 18.2 Å². The van der Waals surface area contributed by atoms with Gasteiger partial charge >= 0.3 is 11.9 Å². The zero-order chi connectivity index (χ0) is 15.5. The van der Waals surface area contributed by atoms with E-state index in [0.717, 1.165) is 12.8 Å². The van der Waals surface area contributed by atoms with E-state index in [4.69, 9.17) is 4.84 Å². The number of benzene rings is 1. The van der Waals surface area contributed by atoms with Crippen LogP contribution in [0.2, 0.25) is 0 Å². The quantitative estimate of drug-likeness (QED) is 0.673. The number of imide groups is 1. The number of quaternary nitrogens is 1. The molecule has 0 radical (unpaired) electrons. The van der Waals surface area contributed by atoms with Crippen LogP contribution in [-0.4, -0.2) is 35.1 Å². The summed E-state index contributed by atoms with van der Waals surface area (Å²) in [6.07, 6.45) is 1.73. The molecule has 5 nitrogen and oxygen atoms in total. The van der Waals surface area contributed by atoms with E-state index in [1.54, 1.807) is 12.1 Å². The lowest BCUT2D eigenvalue weighted by Crippen LogP contribution is -2.59. The summed E-state index contributed by atoms with van der Waals surface area (Å²) in [6.45, 7) is 6.59. The van der Waals surface area contributed by atoms with E-state index in [-0.39, 0.29) is 16.4 Å². The fraction of sp³-hybridized carbons (Fsp3) is 0.500. The van der Waals surface area contributed by atoms with Crippen molar-refractivity contribution in [1.29, 1.82) is 0 Å². The topological polar surface area (TPSA) is 55.4 Å². The first-order chi connectivity index (χ1) is 9.85. The maximum Gasteiger partial charge on any atom is 0.448 e. The molecule has 0 unspecified atom stereocenters. The Morgan fingerprint density at radius 2 is 1.67 bits per heavy atom. The zero-order valence-electron chi connectivity index (χ0n) is 12.9. The molecule has 1 aliphatic rings. The molecule has 0 atom stereocenters. The van der Waals surface area contributed by atoms with Crippen molar-refractivity contribution >= 4 is 11.9 Å². The molecule has 114 valence electrons. The van der Waals surface area contributed by atoms with Crippen LogP contribution >= 0.6 is 0 Å². The fourth-order valence-corrected chi connectivity index (χ4v) is 2.49. The molecule has 1 fully saturated rings. The largest absolute Gasteiger partial charge is 0.448 e. The van der Waals surface area contributed by atoms with Gasteiger partial charge in [0.25, 0.3) is 0 Å². The second-order valence-corrected chi connectivity index (χ2v) is 6.42. The molecule has 0 saturated carbocycles. The van der Waals surface area contributed by atoms with E-state index in [1.165, 1.54) is 0 Å². The summed E-state index contributed by atoms with van der Waals surface area (Å²) >= 11 is 0. The SMILES string of the molecule is CC(C)(C)ONC(=O)[N+]1(C(=O)c2ccccc2)CCCC1. The molecule has 0 spiro atoms. The number of rotatable bonds is 2. The molecule has 2 rings (SSSR count). The molecule has 3 amide bonds. The van der Waals surface area contributed by atoms with Crippen LogP contribution in [0.4, 0.5) is 4.79 Å². The molecule has 21 heavy (non-hydrogen) atoms. The predicted octanol–water partition coefficient (Wildman–Crippen LogP) is 2.88. The molecule has 0 aliphatic carbocycles. The smallest absolute Gasteiger partial charge is 0.263 e. The monoisotopic (exact) mass is 291 g/mol. The zero-order valence-corrected chi connectivity index (χ0v) is 12.9. The molecule has 1 saturated heterocycles. The van der Waals surface area contributed by atoms with Gasteiger partial charge in [-0.3, -0.25) is 4.84 Å².